The Kier molecular flexibility index (Phi) is 3.92. The van der Waals surface area contributed by atoms with Crippen LogP contribution in [0.4, 0.5) is 0 Å². The van der Waals surface area contributed by atoms with Crippen LogP contribution >= 0.6 is 0 Å². The van der Waals surface area contributed by atoms with Crippen molar-refractivity contribution in [1.82, 2.24) is 4.72 Å². The van der Waals surface area contributed by atoms with E-state index in [-0.39, 0.29) is 17.3 Å². The van der Waals surface area contributed by atoms with Crippen molar-refractivity contribution >= 4 is 10.0 Å². The minimum Gasteiger partial charge on any atom is -0.326 e. The van der Waals surface area contributed by atoms with Crippen LogP contribution in [0.5, 0.6) is 0 Å². The number of hydrogen-bond acceptors (Lipinski definition) is 3. The van der Waals surface area contributed by atoms with E-state index in [1.165, 1.54) is 0 Å². The summed E-state index contributed by atoms with van der Waals surface area (Å²) in [5.41, 5.74) is 5.86. The van der Waals surface area contributed by atoms with E-state index in [0.717, 1.165) is 25.7 Å². The molecule has 0 aliphatic heterocycles. The first-order valence-corrected chi connectivity index (χ1v) is 6.75. The molecular weight excluding hydrogens is 200 g/mol. The average Bonchev–Trinajstić information content (AvgIpc) is 2.08. The molecule has 84 valence electrons. The van der Waals surface area contributed by atoms with Gasteiger partial charge in [-0.2, -0.15) is 0 Å². The van der Waals surface area contributed by atoms with Crippen molar-refractivity contribution in [3.05, 3.63) is 0 Å². The van der Waals surface area contributed by atoms with E-state index in [0.29, 0.717) is 0 Å². The van der Waals surface area contributed by atoms with E-state index in [1.807, 2.05) is 0 Å². The molecular formula is C9H20N2O2S. The van der Waals surface area contributed by atoms with Gasteiger partial charge in [0, 0.05) is 12.1 Å². The zero-order valence-corrected chi connectivity index (χ0v) is 9.68. The molecule has 1 aliphatic carbocycles. The third kappa shape index (κ3) is 2.93. The average molecular weight is 220 g/mol. The zero-order chi connectivity index (χ0) is 10.8. The molecule has 1 fully saturated rings. The molecule has 1 aliphatic rings. The van der Waals surface area contributed by atoms with Gasteiger partial charge >= 0.3 is 0 Å². The monoisotopic (exact) mass is 220 g/mol. The lowest BCUT2D eigenvalue weighted by molar-refractivity contribution is 0.360. The van der Waals surface area contributed by atoms with Crippen LogP contribution in [0, 0.1) is 0 Å². The first kappa shape index (κ1) is 11.9. The summed E-state index contributed by atoms with van der Waals surface area (Å²) in [6.45, 7) is 3.35. The number of hydrogen-bond donors (Lipinski definition) is 2. The summed E-state index contributed by atoms with van der Waals surface area (Å²) in [7, 11) is -3.16. The SMILES string of the molecule is CC(C)S(=O)(=O)N[C@@H]1CCCC[C@H]1N. The second-order valence-electron chi connectivity index (χ2n) is 4.27. The molecule has 0 saturated heterocycles. The summed E-state index contributed by atoms with van der Waals surface area (Å²) in [5.74, 6) is 0. The Hall–Kier alpha value is -0.130. The highest BCUT2D eigenvalue weighted by molar-refractivity contribution is 7.90. The quantitative estimate of drug-likeness (QED) is 0.731. The van der Waals surface area contributed by atoms with Crippen molar-refractivity contribution in [3.8, 4) is 0 Å². The van der Waals surface area contributed by atoms with Crippen LogP contribution < -0.4 is 10.5 Å². The highest BCUT2D eigenvalue weighted by atomic mass is 32.2. The molecule has 0 heterocycles. The summed E-state index contributed by atoms with van der Waals surface area (Å²) < 4.78 is 25.8. The summed E-state index contributed by atoms with van der Waals surface area (Å²) in [4.78, 5) is 0. The topological polar surface area (TPSA) is 72.2 Å². The van der Waals surface area contributed by atoms with E-state index >= 15 is 0 Å². The van der Waals surface area contributed by atoms with Gasteiger partial charge in [-0.1, -0.05) is 12.8 Å². The minimum absolute atomic E-state index is 0.0164. The Bertz CT molecular complexity index is 275. The van der Waals surface area contributed by atoms with E-state index in [4.69, 9.17) is 5.73 Å². The molecule has 4 nitrogen and oxygen atoms in total. The number of nitrogens with one attached hydrogen (secondary N) is 1. The van der Waals surface area contributed by atoms with Gasteiger partial charge in [-0.3, -0.25) is 0 Å². The second-order valence-corrected chi connectivity index (χ2v) is 6.53. The number of nitrogens with two attached hydrogens (primary N) is 1. The van der Waals surface area contributed by atoms with Crippen molar-refractivity contribution in [3.63, 3.8) is 0 Å². The van der Waals surface area contributed by atoms with Crippen molar-refractivity contribution in [1.29, 1.82) is 0 Å². The zero-order valence-electron chi connectivity index (χ0n) is 8.86. The van der Waals surface area contributed by atoms with Crippen molar-refractivity contribution in [2.45, 2.75) is 56.9 Å². The lowest BCUT2D eigenvalue weighted by Crippen LogP contribution is -2.50. The van der Waals surface area contributed by atoms with Crippen LogP contribution in [-0.4, -0.2) is 25.8 Å². The van der Waals surface area contributed by atoms with Crippen LogP contribution in [0.25, 0.3) is 0 Å². The van der Waals surface area contributed by atoms with Crippen LogP contribution in [0.3, 0.4) is 0 Å². The number of sulfonamides is 1. The van der Waals surface area contributed by atoms with E-state index < -0.39 is 10.0 Å². The Balaban J connectivity index is 2.58. The lowest BCUT2D eigenvalue weighted by Gasteiger charge is -2.29. The maximum atomic E-state index is 11.6. The summed E-state index contributed by atoms with van der Waals surface area (Å²) in [6.07, 6.45) is 3.97. The van der Waals surface area contributed by atoms with Gasteiger partial charge in [0.05, 0.1) is 5.25 Å². The molecule has 2 atom stereocenters. The summed E-state index contributed by atoms with van der Waals surface area (Å²) in [5, 5.41) is -0.378. The van der Waals surface area contributed by atoms with E-state index in [1.54, 1.807) is 13.8 Å². The third-order valence-corrected chi connectivity index (χ3v) is 4.63. The van der Waals surface area contributed by atoms with Crippen LogP contribution in [-0.2, 0) is 10.0 Å². The third-order valence-electron chi connectivity index (χ3n) is 2.76. The van der Waals surface area contributed by atoms with Crippen molar-refractivity contribution in [2.24, 2.45) is 5.73 Å². The molecule has 0 spiro atoms. The fourth-order valence-corrected chi connectivity index (χ4v) is 2.64. The first-order valence-electron chi connectivity index (χ1n) is 5.20. The molecule has 0 unspecified atom stereocenters. The van der Waals surface area contributed by atoms with Crippen LogP contribution in [0.2, 0.25) is 0 Å². The highest BCUT2D eigenvalue weighted by Crippen LogP contribution is 2.18. The Morgan fingerprint density at radius 3 is 2.36 bits per heavy atom. The van der Waals surface area contributed by atoms with Crippen LogP contribution in [0.15, 0.2) is 0 Å². The molecule has 0 aromatic rings. The smallest absolute Gasteiger partial charge is 0.214 e. The van der Waals surface area contributed by atoms with Gasteiger partial charge in [0.25, 0.3) is 0 Å². The normalized spacial score (nSPS) is 29.4. The second kappa shape index (κ2) is 4.59. The molecule has 0 aromatic heterocycles. The fraction of sp³-hybridized carbons (Fsp3) is 1.00. The summed E-state index contributed by atoms with van der Waals surface area (Å²) >= 11 is 0. The standard InChI is InChI=1S/C9H20N2O2S/c1-7(2)14(12,13)11-9-6-4-3-5-8(9)10/h7-9,11H,3-6,10H2,1-2H3/t8-,9-/m1/s1. The molecule has 5 heteroatoms. The molecule has 0 aromatic carbocycles. The van der Waals surface area contributed by atoms with E-state index in [9.17, 15) is 8.42 Å². The van der Waals surface area contributed by atoms with Gasteiger partial charge in [0.15, 0.2) is 0 Å². The Labute approximate surface area is 86.3 Å². The molecule has 0 amide bonds. The van der Waals surface area contributed by atoms with Gasteiger partial charge in [0.2, 0.25) is 10.0 Å². The van der Waals surface area contributed by atoms with Crippen molar-refractivity contribution < 1.29 is 8.42 Å². The van der Waals surface area contributed by atoms with Gasteiger partial charge in [-0.15, -0.1) is 0 Å². The molecule has 1 rings (SSSR count). The van der Waals surface area contributed by atoms with Crippen LogP contribution in [0.1, 0.15) is 39.5 Å². The number of rotatable bonds is 3. The Morgan fingerprint density at radius 1 is 1.29 bits per heavy atom. The molecule has 1 saturated carbocycles. The Morgan fingerprint density at radius 2 is 1.86 bits per heavy atom. The predicted molar refractivity (Wildman–Crippen MR) is 57.4 cm³/mol. The first-order chi connectivity index (χ1) is 6.43. The van der Waals surface area contributed by atoms with Gasteiger partial charge in [-0.05, 0) is 26.7 Å². The van der Waals surface area contributed by atoms with Gasteiger partial charge < -0.3 is 5.73 Å². The maximum Gasteiger partial charge on any atom is 0.214 e. The predicted octanol–water partition coefficient (Wildman–Crippen LogP) is 0.584. The molecule has 0 radical (unpaired) electrons. The molecule has 3 N–H and O–H groups in total. The summed E-state index contributed by atoms with van der Waals surface area (Å²) in [6, 6.07) is -0.0755. The minimum atomic E-state index is -3.16. The fourth-order valence-electron chi connectivity index (χ4n) is 1.65. The van der Waals surface area contributed by atoms with Gasteiger partial charge in [-0.25, -0.2) is 13.1 Å². The van der Waals surface area contributed by atoms with E-state index in [2.05, 4.69) is 4.72 Å². The van der Waals surface area contributed by atoms with Crippen molar-refractivity contribution in [2.75, 3.05) is 0 Å². The maximum absolute atomic E-state index is 11.6. The highest BCUT2D eigenvalue weighted by Gasteiger charge is 2.27. The lowest BCUT2D eigenvalue weighted by atomic mass is 9.92. The molecule has 0 bridgehead atoms. The molecule has 14 heavy (non-hydrogen) atoms. The van der Waals surface area contributed by atoms with Gasteiger partial charge in [0.1, 0.15) is 0 Å². The largest absolute Gasteiger partial charge is 0.326 e.